The first kappa shape index (κ1) is 16.5. The standard InChI is InChI=1S/C19H28N2O2/c22-19(17-8-11-20-12-9-17)21-13-10-18(15-21)23-14-4-7-16-5-2-1-3-6-16/h1-3,5-6,17-18,20H,4,7-15H2. The van der Waals surface area contributed by atoms with Gasteiger partial charge in [-0.05, 0) is 50.8 Å². The second-order valence-electron chi connectivity index (χ2n) is 6.68. The molecule has 1 aromatic carbocycles. The van der Waals surface area contributed by atoms with Crippen LogP contribution < -0.4 is 5.32 Å². The molecule has 4 heteroatoms. The topological polar surface area (TPSA) is 41.6 Å². The third kappa shape index (κ3) is 4.79. The maximum absolute atomic E-state index is 12.5. The zero-order chi connectivity index (χ0) is 15.9. The smallest absolute Gasteiger partial charge is 0.225 e. The monoisotopic (exact) mass is 316 g/mol. The van der Waals surface area contributed by atoms with Gasteiger partial charge in [-0.3, -0.25) is 4.79 Å². The molecule has 1 N–H and O–H groups in total. The number of likely N-dealkylation sites (tertiary alicyclic amines) is 1. The van der Waals surface area contributed by atoms with Crippen molar-refractivity contribution >= 4 is 5.91 Å². The van der Waals surface area contributed by atoms with E-state index in [1.807, 2.05) is 11.0 Å². The maximum Gasteiger partial charge on any atom is 0.225 e. The predicted molar refractivity (Wildman–Crippen MR) is 91.3 cm³/mol. The Balaban J connectivity index is 1.34. The molecule has 1 atom stereocenters. The van der Waals surface area contributed by atoms with Crippen molar-refractivity contribution in [2.45, 2.75) is 38.2 Å². The first-order valence-corrected chi connectivity index (χ1v) is 8.98. The highest BCUT2D eigenvalue weighted by atomic mass is 16.5. The number of piperidine rings is 1. The number of ether oxygens (including phenoxy) is 1. The summed E-state index contributed by atoms with van der Waals surface area (Å²) in [7, 11) is 0. The second-order valence-corrected chi connectivity index (χ2v) is 6.68. The Morgan fingerprint density at radius 2 is 1.96 bits per heavy atom. The fourth-order valence-corrected chi connectivity index (χ4v) is 3.56. The van der Waals surface area contributed by atoms with Gasteiger partial charge in [0.1, 0.15) is 0 Å². The van der Waals surface area contributed by atoms with Crippen LogP contribution in [-0.2, 0) is 16.0 Å². The normalized spacial score (nSPS) is 22.4. The van der Waals surface area contributed by atoms with Gasteiger partial charge in [-0.15, -0.1) is 0 Å². The van der Waals surface area contributed by atoms with Crippen molar-refractivity contribution < 1.29 is 9.53 Å². The lowest BCUT2D eigenvalue weighted by Crippen LogP contribution is -2.40. The van der Waals surface area contributed by atoms with Crippen molar-refractivity contribution in [2.24, 2.45) is 5.92 Å². The van der Waals surface area contributed by atoms with Gasteiger partial charge in [-0.1, -0.05) is 30.3 Å². The zero-order valence-corrected chi connectivity index (χ0v) is 13.9. The summed E-state index contributed by atoms with van der Waals surface area (Å²) in [4.78, 5) is 14.5. The zero-order valence-electron chi connectivity index (χ0n) is 13.9. The molecule has 23 heavy (non-hydrogen) atoms. The Morgan fingerprint density at radius 1 is 1.17 bits per heavy atom. The first-order valence-electron chi connectivity index (χ1n) is 8.98. The molecule has 4 nitrogen and oxygen atoms in total. The van der Waals surface area contributed by atoms with Crippen molar-refractivity contribution in [1.82, 2.24) is 10.2 Å². The number of carbonyl (C=O) groups excluding carboxylic acids is 1. The number of hydrogen-bond acceptors (Lipinski definition) is 3. The molecule has 1 amide bonds. The third-order valence-electron chi connectivity index (χ3n) is 4.95. The summed E-state index contributed by atoms with van der Waals surface area (Å²) in [5.41, 5.74) is 1.37. The lowest BCUT2D eigenvalue weighted by atomic mass is 9.97. The number of nitrogens with zero attached hydrogens (tertiary/aromatic N) is 1. The van der Waals surface area contributed by atoms with E-state index in [1.54, 1.807) is 0 Å². The summed E-state index contributed by atoms with van der Waals surface area (Å²) in [6.45, 7) is 4.39. The number of hydrogen-bond donors (Lipinski definition) is 1. The molecule has 0 aromatic heterocycles. The molecule has 0 bridgehead atoms. The molecule has 126 valence electrons. The van der Waals surface area contributed by atoms with Crippen LogP contribution in [0.15, 0.2) is 30.3 Å². The average molecular weight is 316 g/mol. The van der Waals surface area contributed by atoms with Crippen LogP contribution in [0.3, 0.4) is 0 Å². The highest BCUT2D eigenvalue weighted by molar-refractivity contribution is 5.79. The number of rotatable bonds is 6. The van der Waals surface area contributed by atoms with E-state index in [1.165, 1.54) is 5.56 Å². The van der Waals surface area contributed by atoms with Crippen molar-refractivity contribution in [3.8, 4) is 0 Å². The van der Waals surface area contributed by atoms with Crippen LogP contribution in [0.5, 0.6) is 0 Å². The van der Waals surface area contributed by atoms with Crippen LogP contribution >= 0.6 is 0 Å². The van der Waals surface area contributed by atoms with Crippen molar-refractivity contribution in [3.63, 3.8) is 0 Å². The molecule has 2 heterocycles. The van der Waals surface area contributed by atoms with Gasteiger partial charge in [0.05, 0.1) is 6.10 Å². The molecule has 0 aliphatic carbocycles. The number of benzene rings is 1. The highest BCUT2D eigenvalue weighted by Crippen LogP contribution is 2.20. The van der Waals surface area contributed by atoms with Crippen molar-refractivity contribution in [3.05, 3.63) is 35.9 Å². The predicted octanol–water partition coefficient (Wildman–Crippen LogP) is 2.24. The quantitative estimate of drug-likeness (QED) is 0.818. The minimum atomic E-state index is 0.230. The van der Waals surface area contributed by atoms with E-state index in [9.17, 15) is 4.79 Å². The van der Waals surface area contributed by atoms with E-state index < -0.39 is 0 Å². The van der Waals surface area contributed by atoms with E-state index in [-0.39, 0.29) is 12.0 Å². The van der Waals surface area contributed by atoms with Crippen molar-refractivity contribution in [1.29, 1.82) is 0 Å². The first-order chi connectivity index (χ1) is 11.3. The van der Waals surface area contributed by atoms with Gasteiger partial charge in [0.15, 0.2) is 0 Å². The minimum absolute atomic E-state index is 0.230. The SMILES string of the molecule is O=C(C1CCNCC1)N1CCC(OCCCc2ccccc2)C1. The van der Waals surface area contributed by atoms with Crippen LogP contribution in [0.1, 0.15) is 31.2 Å². The number of amides is 1. The summed E-state index contributed by atoms with van der Waals surface area (Å²) < 4.78 is 5.99. The van der Waals surface area contributed by atoms with Crippen LogP contribution in [0.4, 0.5) is 0 Å². The van der Waals surface area contributed by atoms with Gasteiger partial charge >= 0.3 is 0 Å². The molecule has 0 saturated carbocycles. The molecular weight excluding hydrogens is 288 g/mol. The van der Waals surface area contributed by atoms with Crippen LogP contribution in [0.25, 0.3) is 0 Å². The van der Waals surface area contributed by atoms with Gasteiger partial charge in [0, 0.05) is 25.6 Å². The van der Waals surface area contributed by atoms with E-state index in [0.29, 0.717) is 5.91 Å². The van der Waals surface area contributed by atoms with E-state index in [2.05, 4.69) is 29.6 Å². The van der Waals surface area contributed by atoms with Gasteiger partial charge < -0.3 is 15.0 Å². The largest absolute Gasteiger partial charge is 0.376 e. The molecule has 2 fully saturated rings. The highest BCUT2D eigenvalue weighted by Gasteiger charge is 2.31. The molecule has 3 rings (SSSR count). The number of nitrogens with one attached hydrogen (secondary N) is 1. The lowest BCUT2D eigenvalue weighted by molar-refractivity contribution is -0.135. The molecular formula is C19H28N2O2. The Morgan fingerprint density at radius 3 is 2.74 bits per heavy atom. The number of carbonyl (C=O) groups is 1. The molecule has 0 spiro atoms. The fourth-order valence-electron chi connectivity index (χ4n) is 3.56. The molecule has 2 aliphatic rings. The van der Waals surface area contributed by atoms with Gasteiger partial charge in [0.2, 0.25) is 5.91 Å². The number of aryl methyl sites for hydroxylation is 1. The van der Waals surface area contributed by atoms with E-state index >= 15 is 0 Å². The Kier molecular flexibility index (Phi) is 6.06. The fraction of sp³-hybridized carbons (Fsp3) is 0.632. The molecule has 1 unspecified atom stereocenters. The summed E-state index contributed by atoms with van der Waals surface area (Å²) in [6.07, 6.45) is 5.29. The molecule has 2 saturated heterocycles. The Hall–Kier alpha value is -1.39. The van der Waals surface area contributed by atoms with Crippen molar-refractivity contribution in [2.75, 3.05) is 32.8 Å². The van der Waals surface area contributed by atoms with Crippen LogP contribution in [0.2, 0.25) is 0 Å². The molecule has 2 aliphatic heterocycles. The van der Waals surface area contributed by atoms with E-state index in [0.717, 1.165) is 64.9 Å². The third-order valence-corrected chi connectivity index (χ3v) is 4.95. The minimum Gasteiger partial charge on any atom is -0.376 e. The summed E-state index contributed by atoms with van der Waals surface area (Å²) in [5.74, 6) is 0.579. The summed E-state index contributed by atoms with van der Waals surface area (Å²) in [5, 5.41) is 3.32. The molecule has 1 aromatic rings. The molecule has 0 radical (unpaired) electrons. The van der Waals surface area contributed by atoms with Crippen LogP contribution in [0, 0.1) is 5.92 Å². The van der Waals surface area contributed by atoms with Gasteiger partial charge in [0.25, 0.3) is 0 Å². The average Bonchev–Trinajstić information content (AvgIpc) is 3.09. The Bertz CT molecular complexity index is 485. The second kappa shape index (κ2) is 8.46. The maximum atomic E-state index is 12.5. The van der Waals surface area contributed by atoms with Gasteiger partial charge in [-0.25, -0.2) is 0 Å². The summed E-state index contributed by atoms with van der Waals surface area (Å²) >= 11 is 0. The van der Waals surface area contributed by atoms with Crippen LogP contribution in [-0.4, -0.2) is 49.7 Å². The Labute approximate surface area is 139 Å². The van der Waals surface area contributed by atoms with E-state index in [4.69, 9.17) is 4.74 Å². The summed E-state index contributed by atoms with van der Waals surface area (Å²) in [6, 6.07) is 10.5. The van der Waals surface area contributed by atoms with Gasteiger partial charge in [-0.2, -0.15) is 0 Å². The lowest BCUT2D eigenvalue weighted by Gasteiger charge is -2.26.